The molecule has 1 aliphatic heterocycles. The van der Waals surface area contributed by atoms with Crippen molar-refractivity contribution < 1.29 is 23.7 Å². The molecule has 0 bridgehead atoms. The number of methoxy groups -OCH3 is 1. The molecule has 0 aliphatic carbocycles. The van der Waals surface area contributed by atoms with E-state index in [2.05, 4.69) is 43.0 Å². The molecule has 1 aromatic carbocycles. The minimum atomic E-state index is -0.593. The smallest absolute Gasteiger partial charge is 0.308 e. The van der Waals surface area contributed by atoms with Gasteiger partial charge in [0.2, 0.25) is 11.6 Å². The molecule has 1 aliphatic rings. The standard InChI is InChI=1S/C22H27N9O5.ClH/c1-13-7-4-5-10-30(13)12-16-18(25-29-31(16)21-20(23)27-36-28-21)22(33)26-24-11-15-8-6-9-17(34-3)19(15)35-14(2)32;/h6,8-9,11,13H,4-5,7,10,12H2,1-3H3,(H2,23,27)(H,26,33);1H/b24-11-;. The van der Waals surface area contributed by atoms with Crippen LogP contribution in [0.5, 0.6) is 11.5 Å². The number of benzene rings is 1. The van der Waals surface area contributed by atoms with Crippen LogP contribution in [0.4, 0.5) is 5.82 Å². The fraction of sp³-hybridized carbons (Fsp3) is 0.409. The second-order valence-corrected chi connectivity index (χ2v) is 8.26. The Labute approximate surface area is 218 Å². The summed E-state index contributed by atoms with van der Waals surface area (Å²) in [6.45, 7) is 4.67. The maximum Gasteiger partial charge on any atom is 0.308 e. The summed E-state index contributed by atoms with van der Waals surface area (Å²) in [6, 6.07) is 5.33. The first-order valence-electron chi connectivity index (χ1n) is 11.3. The molecule has 0 spiro atoms. The molecule has 0 saturated carbocycles. The van der Waals surface area contributed by atoms with E-state index in [0.29, 0.717) is 29.6 Å². The summed E-state index contributed by atoms with van der Waals surface area (Å²) in [4.78, 5) is 26.8. The predicted molar refractivity (Wildman–Crippen MR) is 134 cm³/mol. The number of amides is 1. The summed E-state index contributed by atoms with van der Waals surface area (Å²) in [7, 11) is 1.45. The molecule has 1 saturated heterocycles. The van der Waals surface area contributed by atoms with Crippen LogP contribution in [0, 0.1) is 0 Å². The van der Waals surface area contributed by atoms with E-state index in [1.165, 1.54) is 24.9 Å². The second kappa shape index (κ2) is 12.3. The van der Waals surface area contributed by atoms with Gasteiger partial charge in [0.15, 0.2) is 17.2 Å². The quantitative estimate of drug-likeness (QED) is 0.186. The van der Waals surface area contributed by atoms with Gasteiger partial charge in [-0.15, -0.1) is 17.5 Å². The van der Waals surface area contributed by atoms with Crippen LogP contribution in [-0.2, 0) is 11.3 Å². The fourth-order valence-electron chi connectivity index (χ4n) is 3.97. The van der Waals surface area contributed by atoms with Crippen molar-refractivity contribution in [1.82, 2.24) is 35.6 Å². The van der Waals surface area contributed by atoms with E-state index >= 15 is 0 Å². The third-order valence-electron chi connectivity index (χ3n) is 5.81. The highest BCUT2D eigenvalue weighted by molar-refractivity contribution is 5.94. The SMILES string of the molecule is COc1cccc(/C=N\NC(=O)c2nnn(-c3nonc3N)c2CN2CCCCC2C)c1OC(C)=O.Cl. The van der Waals surface area contributed by atoms with Crippen molar-refractivity contribution in [3.8, 4) is 17.3 Å². The molecule has 37 heavy (non-hydrogen) atoms. The summed E-state index contributed by atoms with van der Waals surface area (Å²) in [5, 5.41) is 19.6. The van der Waals surface area contributed by atoms with Crippen LogP contribution in [0.2, 0.25) is 0 Å². The molecule has 1 unspecified atom stereocenters. The van der Waals surface area contributed by atoms with E-state index in [9.17, 15) is 9.59 Å². The average molecular weight is 534 g/mol. The fourth-order valence-corrected chi connectivity index (χ4v) is 3.97. The molecule has 15 heteroatoms. The maximum atomic E-state index is 13.1. The Morgan fingerprint density at radius 1 is 1.32 bits per heavy atom. The van der Waals surface area contributed by atoms with E-state index in [0.717, 1.165) is 25.8 Å². The zero-order chi connectivity index (χ0) is 25.7. The molecular weight excluding hydrogens is 506 g/mol. The molecular formula is C22H28ClN9O5. The van der Waals surface area contributed by atoms with Gasteiger partial charge in [0, 0.05) is 25.1 Å². The van der Waals surface area contributed by atoms with Crippen molar-refractivity contribution >= 4 is 36.3 Å². The van der Waals surface area contributed by atoms with Crippen LogP contribution in [0.25, 0.3) is 5.82 Å². The number of ether oxygens (including phenoxy) is 2. The number of hydrogen-bond acceptors (Lipinski definition) is 12. The Bertz CT molecular complexity index is 1280. The van der Waals surface area contributed by atoms with Crippen molar-refractivity contribution in [2.75, 3.05) is 19.4 Å². The first-order chi connectivity index (χ1) is 17.4. The Morgan fingerprint density at radius 3 is 2.81 bits per heavy atom. The molecule has 1 fully saturated rings. The number of para-hydroxylation sites is 1. The highest BCUT2D eigenvalue weighted by Gasteiger charge is 2.28. The van der Waals surface area contributed by atoms with E-state index in [1.807, 2.05) is 0 Å². The van der Waals surface area contributed by atoms with E-state index in [1.54, 1.807) is 18.2 Å². The lowest BCUT2D eigenvalue weighted by molar-refractivity contribution is -0.132. The number of carbonyl (C=O) groups is 2. The number of carbonyl (C=O) groups excluding carboxylic acids is 2. The summed E-state index contributed by atoms with van der Waals surface area (Å²) in [6.07, 6.45) is 4.59. The van der Waals surface area contributed by atoms with Gasteiger partial charge in [-0.05, 0) is 48.8 Å². The van der Waals surface area contributed by atoms with Crippen LogP contribution < -0.4 is 20.6 Å². The van der Waals surface area contributed by atoms with Crippen molar-refractivity contribution in [2.45, 2.75) is 45.7 Å². The maximum absolute atomic E-state index is 13.1. The number of nitrogen functional groups attached to an aromatic ring is 1. The minimum Gasteiger partial charge on any atom is -0.493 e. The van der Waals surface area contributed by atoms with E-state index in [-0.39, 0.29) is 35.5 Å². The first kappa shape index (κ1) is 27.5. The number of nitrogens with zero attached hydrogens (tertiary/aromatic N) is 7. The lowest BCUT2D eigenvalue weighted by Gasteiger charge is -2.33. The molecule has 3 heterocycles. The third-order valence-corrected chi connectivity index (χ3v) is 5.81. The van der Waals surface area contributed by atoms with Gasteiger partial charge in [-0.2, -0.15) is 9.78 Å². The number of rotatable bonds is 8. The number of anilines is 1. The average Bonchev–Trinajstić information content (AvgIpc) is 3.46. The predicted octanol–water partition coefficient (Wildman–Crippen LogP) is 1.73. The highest BCUT2D eigenvalue weighted by atomic mass is 35.5. The molecule has 2 aromatic heterocycles. The summed E-state index contributed by atoms with van der Waals surface area (Å²) < 4.78 is 16.6. The van der Waals surface area contributed by atoms with Gasteiger partial charge in [0.05, 0.1) is 19.0 Å². The largest absolute Gasteiger partial charge is 0.493 e. The number of hydrazone groups is 1. The number of esters is 1. The van der Waals surface area contributed by atoms with Crippen LogP contribution >= 0.6 is 12.4 Å². The molecule has 14 nitrogen and oxygen atoms in total. The Balaban J connectivity index is 0.00000380. The van der Waals surface area contributed by atoms with Gasteiger partial charge in [-0.1, -0.05) is 17.7 Å². The number of aromatic nitrogens is 5. The Morgan fingerprint density at radius 2 is 2.14 bits per heavy atom. The third kappa shape index (κ3) is 6.21. The number of piperidine rings is 1. The summed E-state index contributed by atoms with van der Waals surface area (Å²) in [5.41, 5.74) is 9.27. The van der Waals surface area contributed by atoms with Gasteiger partial charge in [-0.25, -0.2) is 10.1 Å². The van der Waals surface area contributed by atoms with Crippen LogP contribution in [0.1, 0.15) is 54.9 Å². The zero-order valence-corrected chi connectivity index (χ0v) is 21.4. The number of hydrogen-bond donors (Lipinski definition) is 2. The molecule has 4 rings (SSSR count). The zero-order valence-electron chi connectivity index (χ0n) is 20.6. The minimum absolute atomic E-state index is 0. The first-order valence-corrected chi connectivity index (χ1v) is 11.3. The van der Waals surface area contributed by atoms with Gasteiger partial charge in [0.25, 0.3) is 5.91 Å². The van der Waals surface area contributed by atoms with Gasteiger partial charge in [-0.3, -0.25) is 14.5 Å². The molecule has 198 valence electrons. The monoisotopic (exact) mass is 533 g/mol. The Kier molecular flexibility index (Phi) is 9.14. The number of likely N-dealkylation sites (tertiary alicyclic amines) is 1. The number of nitrogens with two attached hydrogens (primary N) is 1. The van der Waals surface area contributed by atoms with Gasteiger partial charge >= 0.3 is 5.97 Å². The highest BCUT2D eigenvalue weighted by Crippen LogP contribution is 2.30. The van der Waals surface area contributed by atoms with Crippen molar-refractivity contribution in [1.29, 1.82) is 0 Å². The molecule has 3 aromatic rings. The molecule has 3 N–H and O–H groups in total. The normalized spacial score (nSPS) is 15.8. The molecule has 1 amide bonds. The molecule has 1 atom stereocenters. The van der Waals surface area contributed by atoms with E-state index < -0.39 is 11.9 Å². The molecule has 0 radical (unpaired) electrons. The number of nitrogens with one attached hydrogen (secondary N) is 1. The second-order valence-electron chi connectivity index (χ2n) is 8.26. The Hall–Kier alpha value is -4.04. The van der Waals surface area contributed by atoms with Crippen molar-refractivity contribution in [3.63, 3.8) is 0 Å². The lowest BCUT2D eigenvalue weighted by Crippen LogP contribution is -2.38. The van der Waals surface area contributed by atoms with Crippen LogP contribution in [0.3, 0.4) is 0 Å². The number of halogens is 1. The lowest BCUT2D eigenvalue weighted by atomic mass is 10.0. The summed E-state index contributed by atoms with van der Waals surface area (Å²) in [5.74, 6) is -0.413. The van der Waals surface area contributed by atoms with Gasteiger partial charge < -0.3 is 15.2 Å². The van der Waals surface area contributed by atoms with Crippen LogP contribution in [0.15, 0.2) is 27.9 Å². The van der Waals surface area contributed by atoms with E-state index in [4.69, 9.17) is 19.8 Å². The summed E-state index contributed by atoms with van der Waals surface area (Å²) >= 11 is 0. The van der Waals surface area contributed by atoms with Crippen molar-refractivity contribution in [3.05, 3.63) is 35.2 Å². The topological polar surface area (TPSA) is 176 Å². The van der Waals surface area contributed by atoms with Crippen LogP contribution in [-0.4, -0.2) is 68.0 Å². The van der Waals surface area contributed by atoms with Crippen molar-refractivity contribution in [2.24, 2.45) is 5.10 Å². The van der Waals surface area contributed by atoms with Gasteiger partial charge in [0.1, 0.15) is 0 Å².